The van der Waals surface area contributed by atoms with Crippen LogP contribution in [0.3, 0.4) is 0 Å². The van der Waals surface area contributed by atoms with Gasteiger partial charge in [-0.25, -0.2) is 4.98 Å². The monoisotopic (exact) mass is 348 g/mol. The lowest BCUT2D eigenvalue weighted by molar-refractivity contribution is 0.837. The van der Waals surface area contributed by atoms with Gasteiger partial charge in [0, 0.05) is 36.2 Å². The molecule has 0 amide bonds. The molecule has 3 aromatic rings. The second kappa shape index (κ2) is 7.15. The van der Waals surface area contributed by atoms with Gasteiger partial charge in [-0.05, 0) is 11.1 Å². The van der Waals surface area contributed by atoms with E-state index in [2.05, 4.69) is 63.4 Å². The molecule has 0 radical (unpaired) electrons. The molecule has 5 heteroatoms. The van der Waals surface area contributed by atoms with Gasteiger partial charge in [0.05, 0.1) is 5.69 Å². The maximum Gasteiger partial charge on any atom is 0.222 e. The van der Waals surface area contributed by atoms with Crippen LogP contribution in [0.5, 0.6) is 0 Å². The van der Waals surface area contributed by atoms with E-state index in [4.69, 9.17) is 5.73 Å². The van der Waals surface area contributed by atoms with E-state index >= 15 is 0 Å². The van der Waals surface area contributed by atoms with Crippen molar-refractivity contribution in [1.82, 2.24) is 9.97 Å². The number of hydrogen-bond donors (Lipinski definition) is 1. The van der Waals surface area contributed by atoms with Crippen LogP contribution < -0.4 is 10.6 Å². The Labute approximate surface area is 152 Å². The third kappa shape index (κ3) is 3.46. The summed E-state index contributed by atoms with van der Waals surface area (Å²) < 4.78 is 0. The molecule has 0 saturated carbocycles. The Morgan fingerprint density at radius 1 is 0.840 bits per heavy atom. The van der Waals surface area contributed by atoms with E-state index in [1.165, 1.54) is 5.56 Å². The van der Waals surface area contributed by atoms with E-state index in [1.54, 1.807) is 0 Å². The van der Waals surface area contributed by atoms with Crippen molar-refractivity contribution < 1.29 is 0 Å². The Hall–Kier alpha value is -2.53. The molecule has 0 atom stereocenters. The molecule has 2 heterocycles. The molecule has 0 bridgehead atoms. The Morgan fingerprint density at radius 3 is 2.28 bits per heavy atom. The summed E-state index contributed by atoms with van der Waals surface area (Å²) in [7, 11) is 0. The van der Waals surface area contributed by atoms with Crippen molar-refractivity contribution >= 4 is 23.5 Å². The van der Waals surface area contributed by atoms with Crippen LogP contribution in [0.2, 0.25) is 0 Å². The summed E-state index contributed by atoms with van der Waals surface area (Å²) in [5.74, 6) is 3.50. The number of aromatic nitrogens is 2. The first-order chi connectivity index (χ1) is 12.3. The van der Waals surface area contributed by atoms with Gasteiger partial charge in [0.2, 0.25) is 5.95 Å². The van der Waals surface area contributed by atoms with Gasteiger partial charge in [-0.3, -0.25) is 0 Å². The molecule has 0 aliphatic carbocycles. The molecular weight excluding hydrogens is 328 g/mol. The number of benzene rings is 2. The number of hydrogen-bond acceptors (Lipinski definition) is 5. The van der Waals surface area contributed by atoms with E-state index in [0.29, 0.717) is 5.95 Å². The van der Waals surface area contributed by atoms with Crippen molar-refractivity contribution in [2.24, 2.45) is 0 Å². The second-order valence-electron chi connectivity index (χ2n) is 5.98. The van der Waals surface area contributed by atoms with Gasteiger partial charge in [0.1, 0.15) is 5.82 Å². The molecule has 4 rings (SSSR count). The topological polar surface area (TPSA) is 55.0 Å². The molecule has 1 fully saturated rings. The van der Waals surface area contributed by atoms with E-state index in [0.717, 1.165) is 47.2 Å². The molecular formula is C20H20N4S. The first-order valence-electron chi connectivity index (χ1n) is 8.43. The highest BCUT2D eigenvalue weighted by atomic mass is 32.2. The first-order valence-corrected chi connectivity index (χ1v) is 9.59. The summed E-state index contributed by atoms with van der Waals surface area (Å²) in [6.07, 6.45) is 0. The standard InChI is InChI=1S/C20H20N4S/c21-20-22-18(14-19(23-20)24-10-12-25-13-11-24)17-9-5-4-8-16(17)15-6-2-1-3-7-15/h1-9,14H,10-13H2,(H2,21,22,23). The quantitative estimate of drug-likeness (QED) is 0.777. The van der Waals surface area contributed by atoms with Crippen molar-refractivity contribution in [3.63, 3.8) is 0 Å². The van der Waals surface area contributed by atoms with Gasteiger partial charge in [-0.2, -0.15) is 16.7 Å². The SMILES string of the molecule is Nc1nc(-c2ccccc2-c2ccccc2)cc(N2CCSCC2)n1. The van der Waals surface area contributed by atoms with Gasteiger partial charge in [0.15, 0.2) is 0 Å². The van der Waals surface area contributed by atoms with E-state index < -0.39 is 0 Å². The first kappa shape index (κ1) is 16.0. The number of thioether (sulfide) groups is 1. The van der Waals surface area contributed by atoms with E-state index in [-0.39, 0.29) is 0 Å². The molecule has 2 N–H and O–H groups in total. The average molecular weight is 348 g/mol. The van der Waals surface area contributed by atoms with Crippen LogP contribution in [0, 0.1) is 0 Å². The largest absolute Gasteiger partial charge is 0.368 e. The summed E-state index contributed by atoms with van der Waals surface area (Å²) in [6.45, 7) is 2.00. The Bertz CT molecular complexity index is 861. The Morgan fingerprint density at radius 2 is 1.52 bits per heavy atom. The predicted octanol–water partition coefficient (Wildman–Crippen LogP) is 3.95. The number of nitrogens with zero attached hydrogens (tertiary/aromatic N) is 3. The number of rotatable bonds is 3. The van der Waals surface area contributed by atoms with Gasteiger partial charge in [0.25, 0.3) is 0 Å². The summed E-state index contributed by atoms with van der Waals surface area (Å²) in [6, 6.07) is 20.7. The van der Waals surface area contributed by atoms with Crippen molar-refractivity contribution in [1.29, 1.82) is 0 Å². The van der Waals surface area contributed by atoms with Gasteiger partial charge in [-0.1, -0.05) is 54.6 Å². The van der Waals surface area contributed by atoms with Crippen molar-refractivity contribution in [3.8, 4) is 22.4 Å². The highest BCUT2D eigenvalue weighted by molar-refractivity contribution is 7.99. The number of anilines is 2. The van der Waals surface area contributed by atoms with Crippen molar-refractivity contribution in [2.75, 3.05) is 35.2 Å². The van der Waals surface area contributed by atoms with Crippen molar-refractivity contribution in [2.45, 2.75) is 0 Å². The molecule has 1 aliphatic heterocycles. The molecule has 1 aliphatic rings. The summed E-state index contributed by atoms with van der Waals surface area (Å²) in [4.78, 5) is 11.3. The minimum absolute atomic E-state index is 0.327. The summed E-state index contributed by atoms with van der Waals surface area (Å²) in [5, 5.41) is 0. The third-order valence-corrected chi connectivity index (χ3v) is 5.30. The fourth-order valence-electron chi connectivity index (χ4n) is 3.12. The minimum Gasteiger partial charge on any atom is -0.368 e. The van der Waals surface area contributed by atoms with Gasteiger partial charge < -0.3 is 10.6 Å². The fraction of sp³-hybridized carbons (Fsp3) is 0.200. The van der Waals surface area contributed by atoms with Crippen LogP contribution in [-0.2, 0) is 0 Å². The van der Waals surface area contributed by atoms with Crippen LogP contribution in [0.25, 0.3) is 22.4 Å². The molecule has 1 saturated heterocycles. The minimum atomic E-state index is 0.327. The molecule has 4 nitrogen and oxygen atoms in total. The molecule has 25 heavy (non-hydrogen) atoms. The van der Waals surface area contributed by atoms with E-state index in [1.807, 2.05) is 23.9 Å². The van der Waals surface area contributed by atoms with Crippen LogP contribution >= 0.6 is 11.8 Å². The smallest absolute Gasteiger partial charge is 0.222 e. The Kier molecular flexibility index (Phi) is 4.57. The molecule has 1 aromatic heterocycles. The maximum absolute atomic E-state index is 6.04. The van der Waals surface area contributed by atoms with Crippen LogP contribution in [0.1, 0.15) is 0 Å². The summed E-state index contributed by atoms with van der Waals surface area (Å²) >= 11 is 1.98. The summed E-state index contributed by atoms with van der Waals surface area (Å²) in [5.41, 5.74) is 10.3. The zero-order valence-corrected chi connectivity index (χ0v) is 14.7. The lowest BCUT2D eigenvalue weighted by atomic mass is 9.97. The molecule has 0 unspecified atom stereocenters. The van der Waals surface area contributed by atoms with Crippen LogP contribution in [0.4, 0.5) is 11.8 Å². The fourth-order valence-corrected chi connectivity index (χ4v) is 4.02. The van der Waals surface area contributed by atoms with Gasteiger partial charge in [-0.15, -0.1) is 0 Å². The average Bonchev–Trinajstić information content (AvgIpc) is 2.69. The number of nitrogens with two attached hydrogens (primary N) is 1. The lowest BCUT2D eigenvalue weighted by Gasteiger charge is -2.27. The maximum atomic E-state index is 6.04. The Balaban J connectivity index is 1.79. The van der Waals surface area contributed by atoms with Gasteiger partial charge >= 0.3 is 0 Å². The van der Waals surface area contributed by atoms with Crippen molar-refractivity contribution in [3.05, 3.63) is 60.7 Å². The zero-order valence-electron chi connectivity index (χ0n) is 13.9. The molecule has 0 spiro atoms. The lowest BCUT2D eigenvalue weighted by Crippen LogP contribution is -2.33. The highest BCUT2D eigenvalue weighted by Gasteiger charge is 2.16. The van der Waals surface area contributed by atoms with Crippen LogP contribution in [-0.4, -0.2) is 34.6 Å². The normalized spacial score (nSPS) is 14.5. The molecule has 126 valence electrons. The molecule has 2 aromatic carbocycles. The van der Waals surface area contributed by atoms with E-state index in [9.17, 15) is 0 Å². The second-order valence-corrected chi connectivity index (χ2v) is 7.21. The number of nitrogen functional groups attached to an aromatic ring is 1. The zero-order chi connectivity index (χ0) is 17.1. The predicted molar refractivity (Wildman–Crippen MR) is 107 cm³/mol. The highest BCUT2D eigenvalue weighted by Crippen LogP contribution is 2.32. The van der Waals surface area contributed by atoms with Crippen LogP contribution in [0.15, 0.2) is 60.7 Å². The third-order valence-electron chi connectivity index (χ3n) is 4.35.